The number of nitro groups is 1. The first kappa shape index (κ1) is 14.6. The molecule has 0 fully saturated rings. The van der Waals surface area contributed by atoms with Crippen molar-refractivity contribution in [2.24, 2.45) is 0 Å². The minimum Gasteiger partial charge on any atom is -0.258 e. The summed E-state index contributed by atoms with van der Waals surface area (Å²) in [5, 5.41) is 13.1. The van der Waals surface area contributed by atoms with Crippen LogP contribution in [0, 0.1) is 10.1 Å². The third kappa shape index (κ3) is 2.56. The predicted octanol–water partition coefficient (Wildman–Crippen LogP) is 4.11. The van der Waals surface area contributed by atoms with Crippen LogP contribution in [0.3, 0.4) is 0 Å². The molecule has 0 saturated heterocycles. The van der Waals surface area contributed by atoms with Crippen molar-refractivity contribution in [2.45, 2.75) is 6.18 Å². The molecule has 0 N–H and O–H groups in total. The van der Waals surface area contributed by atoms with Crippen molar-refractivity contribution in [2.75, 3.05) is 0 Å². The van der Waals surface area contributed by atoms with Gasteiger partial charge in [-0.05, 0) is 12.1 Å². The summed E-state index contributed by atoms with van der Waals surface area (Å²) in [5.74, 6) is 0. The molecule has 0 bridgehead atoms. The summed E-state index contributed by atoms with van der Waals surface area (Å²) in [4.78, 5) is 9.84. The second kappa shape index (κ2) is 4.95. The highest BCUT2D eigenvalue weighted by atomic mass is 35.5. The zero-order valence-electron chi connectivity index (χ0n) is 9.36. The van der Waals surface area contributed by atoms with E-state index in [-0.39, 0.29) is 16.4 Å². The maximum atomic E-state index is 12.6. The van der Waals surface area contributed by atoms with Crippen molar-refractivity contribution in [3.63, 3.8) is 0 Å². The lowest BCUT2D eigenvalue weighted by atomic mass is 10.2. The molecule has 1 heterocycles. The van der Waals surface area contributed by atoms with Gasteiger partial charge in [-0.2, -0.15) is 18.3 Å². The van der Waals surface area contributed by atoms with Crippen molar-refractivity contribution in [3.8, 4) is 5.69 Å². The predicted molar refractivity (Wildman–Crippen MR) is 65.2 cm³/mol. The Morgan fingerprint density at radius 2 is 1.90 bits per heavy atom. The fraction of sp³-hybridized carbons (Fsp3) is 0.100. The maximum Gasteiger partial charge on any atom is 0.417 e. The number of aromatic nitrogens is 2. The Morgan fingerprint density at radius 1 is 1.25 bits per heavy atom. The molecule has 0 spiro atoms. The zero-order chi connectivity index (χ0) is 15.1. The summed E-state index contributed by atoms with van der Waals surface area (Å²) < 4.78 is 38.8. The van der Waals surface area contributed by atoms with E-state index in [1.165, 1.54) is 0 Å². The maximum absolute atomic E-state index is 12.6. The molecule has 0 aliphatic rings. The van der Waals surface area contributed by atoms with Crippen LogP contribution in [-0.4, -0.2) is 14.7 Å². The van der Waals surface area contributed by atoms with E-state index in [1.54, 1.807) is 0 Å². The van der Waals surface area contributed by atoms with Gasteiger partial charge in [0.2, 0.25) is 0 Å². The highest BCUT2D eigenvalue weighted by molar-refractivity contribution is 6.43. The number of halogens is 5. The van der Waals surface area contributed by atoms with Gasteiger partial charge in [0.1, 0.15) is 12.4 Å². The van der Waals surface area contributed by atoms with E-state index in [1.807, 2.05) is 0 Å². The van der Waals surface area contributed by atoms with E-state index < -0.39 is 21.7 Å². The van der Waals surface area contributed by atoms with E-state index in [0.717, 1.165) is 29.2 Å². The summed E-state index contributed by atoms with van der Waals surface area (Å²) in [6.45, 7) is 0. The zero-order valence-corrected chi connectivity index (χ0v) is 10.9. The molecule has 20 heavy (non-hydrogen) atoms. The molecule has 5 nitrogen and oxygen atoms in total. The second-order valence-electron chi connectivity index (χ2n) is 3.66. The van der Waals surface area contributed by atoms with Crippen LogP contribution < -0.4 is 0 Å². The second-order valence-corrected chi connectivity index (χ2v) is 4.41. The lowest BCUT2D eigenvalue weighted by molar-refractivity contribution is -0.384. The number of hydrogen-bond donors (Lipinski definition) is 0. The molecule has 1 aromatic heterocycles. The minimum atomic E-state index is -4.64. The van der Waals surface area contributed by atoms with E-state index in [4.69, 9.17) is 23.2 Å². The smallest absolute Gasteiger partial charge is 0.258 e. The molecular formula is C10H4Cl2F3N3O2. The lowest BCUT2D eigenvalue weighted by Gasteiger charge is -2.12. The number of hydrogen-bond acceptors (Lipinski definition) is 3. The quantitative estimate of drug-likeness (QED) is 0.616. The van der Waals surface area contributed by atoms with E-state index >= 15 is 0 Å². The molecular weight excluding hydrogens is 322 g/mol. The molecule has 0 amide bonds. The van der Waals surface area contributed by atoms with Gasteiger partial charge in [-0.15, -0.1) is 0 Å². The number of benzene rings is 1. The van der Waals surface area contributed by atoms with Crippen LogP contribution in [0.25, 0.3) is 5.69 Å². The van der Waals surface area contributed by atoms with Crippen LogP contribution in [-0.2, 0) is 6.18 Å². The monoisotopic (exact) mass is 325 g/mol. The molecule has 2 aromatic rings. The summed E-state index contributed by atoms with van der Waals surface area (Å²) >= 11 is 11.3. The third-order valence-corrected chi connectivity index (χ3v) is 3.27. The fourth-order valence-corrected chi connectivity index (χ4v) is 1.99. The molecule has 0 atom stereocenters. The van der Waals surface area contributed by atoms with Gasteiger partial charge in [0, 0.05) is 0 Å². The van der Waals surface area contributed by atoms with E-state index in [2.05, 4.69) is 5.10 Å². The summed E-state index contributed by atoms with van der Waals surface area (Å²) in [6, 6.07) is 1.77. The molecule has 10 heteroatoms. The van der Waals surface area contributed by atoms with Crippen LogP contribution in [0.5, 0.6) is 0 Å². The van der Waals surface area contributed by atoms with Gasteiger partial charge in [-0.1, -0.05) is 23.2 Å². The largest absolute Gasteiger partial charge is 0.417 e. The summed E-state index contributed by atoms with van der Waals surface area (Å²) in [6.07, 6.45) is -2.68. The van der Waals surface area contributed by atoms with Crippen molar-refractivity contribution in [1.82, 2.24) is 9.78 Å². The van der Waals surface area contributed by atoms with Crippen LogP contribution in [0.2, 0.25) is 10.0 Å². The Bertz CT molecular complexity index is 685. The standard InChI is InChI=1S/C10H4Cl2F3N3O2/c11-8-6(10(13,14)15)1-2-7(9(8)12)17-4-5(3-16-17)18(19)20/h1-4H. The Morgan fingerprint density at radius 3 is 2.40 bits per heavy atom. The van der Waals surface area contributed by atoms with Gasteiger partial charge in [-0.3, -0.25) is 10.1 Å². The van der Waals surface area contributed by atoms with Gasteiger partial charge >= 0.3 is 11.9 Å². The highest BCUT2D eigenvalue weighted by Crippen LogP contribution is 2.40. The average molecular weight is 326 g/mol. The topological polar surface area (TPSA) is 61.0 Å². The van der Waals surface area contributed by atoms with E-state index in [0.29, 0.717) is 0 Å². The van der Waals surface area contributed by atoms with Crippen LogP contribution in [0.4, 0.5) is 18.9 Å². The van der Waals surface area contributed by atoms with Gasteiger partial charge in [0.25, 0.3) is 0 Å². The Kier molecular flexibility index (Phi) is 3.61. The first-order chi connectivity index (χ1) is 9.21. The first-order valence-corrected chi connectivity index (χ1v) is 5.72. The lowest BCUT2D eigenvalue weighted by Crippen LogP contribution is -2.07. The van der Waals surface area contributed by atoms with Crippen LogP contribution in [0.15, 0.2) is 24.5 Å². The molecule has 0 unspecified atom stereocenters. The highest BCUT2D eigenvalue weighted by Gasteiger charge is 2.34. The van der Waals surface area contributed by atoms with Gasteiger partial charge < -0.3 is 0 Å². The molecule has 0 aliphatic carbocycles. The molecule has 0 aliphatic heterocycles. The van der Waals surface area contributed by atoms with E-state index in [9.17, 15) is 23.3 Å². The van der Waals surface area contributed by atoms with Gasteiger partial charge in [-0.25, -0.2) is 4.68 Å². The van der Waals surface area contributed by atoms with Crippen molar-refractivity contribution in [3.05, 3.63) is 50.2 Å². The molecule has 1 aromatic carbocycles. The third-order valence-electron chi connectivity index (χ3n) is 2.39. The summed E-state index contributed by atoms with van der Waals surface area (Å²) in [5.41, 5.74) is -1.40. The van der Waals surface area contributed by atoms with Crippen molar-refractivity contribution < 1.29 is 18.1 Å². The van der Waals surface area contributed by atoms with Crippen LogP contribution >= 0.6 is 23.2 Å². The van der Waals surface area contributed by atoms with Gasteiger partial charge in [0.05, 0.1) is 26.2 Å². The molecule has 2 rings (SSSR count). The number of nitrogens with zero attached hydrogens (tertiary/aromatic N) is 3. The van der Waals surface area contributed by atoms with Crippen molar-refractivity contribution in [1.29, 1.82) is 0 Å². The van der Waals surface area contributed by atoms with Gasteiger partial charge in [0.15, 0.2) is 0 Å². The Labute approximate surface area is 119 Å². The summed E-state index contributed by atoms with van der Waals surface area (Å²) in [7, 11) is 0. The average Bonchev–Trinajstić information content (AvgIpc) is 2.80. The SMILES string of the molecule is O=[N+]([O-])c1cnn(-c2ccc(C(F)(F)F)c(Cl)c2Cl)c1. The number of rotatable bonds is 2. The first-order valence-electron chi connectivity index (χ1n) is 4.96. The minimum absolute atomic E-state index is 0.0118. The normalized spacial score (nSPS) is 11.7. The van der Waals surface area contributed by atoms with Crippen molar-refractivity contribution >= 4 is 28.9 Å². The molecule has 106 valence electrons. The Balaban J connectivity index is 2.53. The molecule has 0 saturated carbocycles. The Hall–Kier alpha value is -1.80. The van der Waals surface area contributed by atoms with Crippen LogP contribution in [0.1, 0.15) is 5.56 Å². The fourth-order valence-electron chi connectivity index (χ4n) is 1.47. The molecule has 0 radical (unpaired) electrons. The number of alkyl halides is 3.